The number of rotatable bonds is 2. The highest BCUT2D eigenvalue weighted by Gasteiger charge is 2.46. The van der Waals surface area contributed by atoms with Crippen molar-refractivity contribution >= 4 is 11.6 Å². The Bertz CT molecular complexity index is 1020. The fraction of sp³-hybridized carbons (Fsp3) is 0.316. The number of anilines is 1. The van der Waals surface area contributed by atoms with Gasteiger partial charge in [0, 0.05) is 13.0 Å². The first-order chi connectivity index (χ1) is 13.1. The Morgan fingerprint density at radius 3 is 2.81 bits per heavy atom. The molecule has 1 saturated heterocycles. The van der Waals surface area contributed by atoms with Crippen molar-refractivity contribution in [1.29, 1.82) is 0 Å². The summed E-state index contributed by atoms with van der Waals surface area (Å²) in [5.41, 5.74) is 0.696. The number of fused-ring (bicyclic) bond motifs is 1. The van der Waals surface area contributed by atoms with Gasteiger partial charge in [-0.3, -0.25) is 4.79 Å². The summed E-state index contributed by atoms with van der Waals surface area (Å²) in [6.45, 7) is 3.10. The highest BCUT2D eigenvalue weighted by molar-refractivity contribution is 6.00. The number of carbonyl (C=O) groups excluding carboxylic acids is 1. The van der Waals surface area contributed by atoms with Crippen LogP contribution in [-0.2, 0) is 0 Å². The van der Waals surface area contributed by atoms with Crippen LogP contribution in [0.1, 0.15) is 29.0 Å². The van der Waals surface area contributed by atoms with Gasteiger partial charge in [0.25, 0.3) is 5.89 Å². The molecule has 1 spiro atoms. The summed E-state index contributed by atoms with van der Waals surface area (Å²) in [6, 6.07) is 11.1. The molecule has 1 fully saturated rings. The largest absolute Gasteiger partial charge is 0.484 e. The number of Topliss-reactive ketones (excluding diaryl/α,β-unsaturated/α-hetero) is 1. The number of aryl methyl sites for hydroxylation is 1. The van der Waals surface area contributed by atoms with Crippen LogP contribution in [0, 0.1) is 6.92 Å². The number of carbonyl (C=O) groups is 1. The fourth-order valence-electron chi connectivity index (χ4n) is 3.72. The zero-order valence-corrected chi connectivity index (χ0v) is 14.8. The Hall–Kier alpha value is -3.29. The van der Waals surface area contributed by atoms with E-state index in [9.17, 15) is 4.79 Å². The van der Waals surface area contributed by atoms with E-state index in [0.717, 1.165) is 18.8 Å². The van der Waals surface area contributed by atoms with E-state index in [2.05, 4.69) is 25.2 Å². The predicted octanol–water partition coefficient (Wildman–Crippen LogP) is 2.45. The lowest BCUT2D eigenvalue weighted by atomic mass is 9.89. The molecule has 136 valence electrons. The third-order valence-electron chi connectivity index (χ3n) is 5.03. The Morgan fingerprint density at radius 1 is 1.15 bits per heavy atom. The maximum atomic E-state index is 12.5. The van der Waals surface area contributed by atoms with Crippen LogP contribution in [0.25, 0.3) is 11.6 Å². The molecule has 2 aromatic heterocycles. The van der Waals surface area contributed by atoms with E-state index in [1.165, 1.54) is 0 Å². The molecule has 0 bridgehead atoms. The maximum Gasteiger partial charge on any atom is 0.278 e. The number of nitrogens with zero attached hydrogens (tertiary/aromatic N) is 5. The van der Waals surface area contributed by atoms with Crippen molar-refractivity contribution in [2.24, 2.45) is 0 Å². The SMILES string of the molecule is Cc1noc(-c2ccc(N3CCC4(CC(=O)c5ccccc5O4)C3)nn2)n1. The number of hydrogen-bond acceptors (Lipinski definition) is 8. The zero-order valence-electron chi connectivity index (χ0n) is 14.8. The number of ketones is 1. The van der Waals surface area contributed by atoms with Crippen LogP contribution in [0.5, 0.6) is 5.75 Å². The van der Waals surface area contributed by atoms with Crippen LogP contribution in [-0.4, -0.2) is 44.8 Å². The van der Waals surface area contributed by atoms with Gasteiger partial charge in [0.05, 0.1) is 18.5 Å². The van der Waals surface area contributed by atoms with Crippen molar-refractivity contribution in [3.63, 3.8) is 0 Å². The second-order valence-electron chi connectivity index (χ2n) is 6.98. The molecular weight excluding hydrogens is 346 g/mol. The van der Waals surface area contributed by atoms with Crippen LogP contribution < -0.4 is 9.64 Å². The highest BCUT2D eigenvalue weighted by atomic mass is 16.5. The van der Waals surface area contributed by atoms with Crippen LogP contribution in [0.4, 0.5) is 5.82 Å². The number of ether oxygens (including phenoxy) is 1. The van der Waals surface area contributed by atoms with Crippen molar-refractivity contribution < 1.29 is 14.1 Å². The van der Waals surface area contributed by atoms with Gasteiger partial charge in [0.1, 0.15) is 11.4 Å². The highest BCUT2D eigenvalue weighted by Crippen LogP contribution is 2.39. The fourth-order valence-corrected chi connectivity index (χ4v) is 3.72. The van der Waals surface area contributed by atoms with E-state index in [0.29, 0.717) is 41.7 Å². The van der Waals surface area contributed by atoms with Gasteiger partial charge in [-0.25, -0.2) is 0 Å². The molecule has 5 rings (SSSR count). The van der Waals surface area contributed by atoms with E-state index in [4.69, 9.17) is 9.26 Å². The van der Waals surface area contributed by atoms with E-state index in [1.54, 1.807) is 6.92 Å². The minimum atomic E-state index is -0.505. The predicted molar refractivity (Wildman–Crippen MR) is 95.6 cm³/mol. The summed E-state index contributed by atoms with van der Waals surface area (Å²) in [7, 11) is 0. The number of benzene rings is 1. The molecule has 1 atom stereocenters. The summed E-state index contributed by atoms with van der Waals surface area (Å²) in [5.74, 6) is 2.44. The standard InChI is InChI=1S/C19H17N5O3/c1-12-20-18(27-23-12)14-6-7-17(22-21-14)24-9-8-19(11-24)10-15(25)13-4-2-3-5-16(13)26-19/h2-7H,8-11H2,1H3. The van der Waals surface area contributed by atoms with E-state index < -0.39 is 5.60 Å². The van der Waals surface area contributed by atoms with Crippen molar-refractivity contribution in [3.8, 4) is 17.3 Å². The van der Waals surface area contributed by atoms with Crippen LogP contribution >= 0.6 is 0 Å². The number of aromatic nitrogens is 4. The van der Waals surface area contributed by atoms with Crippen molar-refractivity contribution in [3.05, 3.63) is 47.8 Å². The van der Waals surface area contributed by atoms with Crippen molar-refractivity contribution in [2.75, 3.05) is 18.0 Å². The molecule has 2 aliphatic rings. The third kappa shape index (κ3) is 2.73. The molecular formula is C19H17N5O3. The van der Waals surface area contributed by atoms with Gasteiger partial charge in [0.2, 0.25) is 0 Å². The molecule has 0 saturated carbocycles. The molecule has 2 aliphatic heterocycles. The Morgan fingerprint density at radius 2 is 2.04 bits per heavy atom. The lowest BCUT2D eigenvalue weighted by Crippen LogP contribution is -2.44. The van der Waals surface area contributed by atoms with E-state index in [1.807, 2.05) is 36.4 Å². The molecule has 0 amide bonds. The van der Waals surface area contributed by atoms with Gasteiger partial charge in [-0.1, -0.05) is 17.3 Å². The molecule has 1 aromatic carbocycles. The summed E-state index contributed by atoms with van der Waals surface area (Å²) in [6.07, 6.45) is 1.15. The second-order valence-corrected chi connectivity index (χ2v) is 6.98. The molecule has 0 N–H and O–H groups in total. The van der Waals surface area contributed by atoms with Gasteiger partial charge in [-0.15, -0.1) is 10.2 Å². The topological polar surface area (TPSA) is 94.2 Å². The van der Waals surface area contributed by atoms with E-state index in [-0.39, 0.29) is 5.78 Å². The minimum Gasteiger partial charge on any atom is -0.484 e. The minimum absolute atomic E-state index is 0.131. The quantitative estimate of drug-likeness (QED) is 0.685. The summed E-state index contributed by atoms with van der Waals surface area (Å²) in [4.78, 5) is 18.8. The van der Waals surface area contributed by atoms with Gasteiger partial charge >= 0.3 is 0 Å². The lowest BCUT2D eigenvalue weighted by Gasteiger charge is -2.34. The average molecular weight is 363 g/mol. The van der Waals surface area contributed by atoms with Crippen molar-refractivity contribution in [1.82, 2.24) is 20.3 Å². The van der Waals surface area contributed by atoms with Gasteiger partial charge in [-0.2, -0.15) is 4.98 Å². The second kappa shape index (κ2) is 5.87. The van der Waals surface area contributed by atoms with Crippen molar-refractivity contribution in [2.45, 2.75) is 25.4 Å². The number of para-hydroxylation sites is 1. The third-order valence-corrected chi connectivity index (χ3v) is 5.03. The molecule has 8 heteroatoms. The first kappa shape index (κ1) is 15.9. The molecule has 4 heterocycles. The summed E-state index contributed by atoms with van der Waals surface area (Å²) >= 11 is 0. The normalized spacial score (nSPS) is 21.4. The summed E-state index contributed by atoms with van der Waals surface area (Å²) in [5, 5.41) is 12.3. The van der Waals surface area contributed by atoms with Gasteiger partial charge in [0.15, 0.2) is 23.1 Å². The zero-order chi connectivity index (χ0) is 18.4. The summed E-state index contributed by atoms with van der Waals surface area (Å²) < 4.78 is 11.4. The van der Waals surface area contributed by atoms with Gasteiger partial charge in [-0.05, 0) is 31.2 Å². The van der Waals surface area contributed by atoms with Crippen LogP contribution in [0.2, 0.25) is 0 Å². The number of hydrogen-bond donors (Lipinski definition) is 0. The molecule has 0 radical (unpaired) electrons. The first-order valence-electron chi connectivity index (χ1n) is 8.83. The Labute approximate surface area is 155 Å². The Kier molecular flexibility index (Phi) is 3.46. The first-order valence-corrected chi connectivity index (χ1v) is 8.83. The van der Waals surface area contributed by atoms with E-state index >= 15 is 0 Å². The van der Waals surface area contributed by atoms with Crippen LogP contribution in [0.15, 0.2) is 40.9 Å². The average Bonchev–Trinajstić information content (AvgIpc) is 3.29. The monoisotopic (exact) mass is 363 g/mol. The lowest BCUT2D eigenvalue weighted by molar-refractivity contribution is 0.0538. The molecule has 3 aromatic rings. The molecule has 0 aliphatic carbocycles. The molecule has 8 nitrogen and oxygen atoms in total. The molecule has 1 unspecified atom stereocenters. The van der Waals surface area contributed by atoms with Gasteiger partial charge < -0.3 is 14.2 Å². The Balaban J connectivity index is 1.36. The smallest absolute Gasteiger partial charge is 0.278 e. The molecule has 27 heavy (non-hydrogen) atoms. The van der Waals surface area contributed by atoms with Crippen LogP contribution in [0.3, 0.4) is 0 Å². The maximum absolute atomic E-state index is 12.5.